The van der Waals surface area contributed by atoms with Crippen LogP contribution in [0.4, 0.5) is 0 Å². The molecule has 5 nitrogen and oxygen atoms in total. The van der Waals surface area contributed by atoms with E-state index in [2.05, 4.69) is 31.7 Å². The number of carbonyl (C=O) groups excluding carboxylic acids is 1. The van der Waals surface area contributed by atoms with E-state index in [0.29, 0.717) is 18.8 Å². The Morgan fingerprint density at radius 3 is 2.65 bits per heavy atom. The van der Waals surface area contributed by atoms with E-state index < -0.39 is 0 Å². The van der Waals surface area contributed by atoms with Crippen LogP contribution in [0.25, 0.3) is 32.8 Å². The lowest BCUT2D eigenvalue weighted by atomic mass is 9.93. The van der Waals surface area contributed by atoms with Gasteiger partial charge in [0, 0.05) is 24.0 Å². The molecule has 1 amide bonds. The lowest BCUT2D eigenvalue weighted by molar-refractivity contribution is -0.131. The SMILES string of the molecule is C=CC(=O)N1CC(n2c(C#N)cc3c(C)c(-c4cc(O)cc5ccccc45)ccc32)C1. The van der Waals surface area contributed by atoms with E-state index in [1.807, 2.05) is 34.9 Å². The van der Waals surface area contributed by atoms with Gasteiger partial charge in [-0.05, 0) is 64.7 Å². The first-order valence-electron chi connectivity index (χ1n) is 10.2. The van der Waals surface area contributed by atoms with Crippen molar-refractivity contribution in [1.29, 1.82) is 5.26 Å². The zero-order valence-electron chi connectivity index (χ0n) is 17.2. The van der Waals surface area contributed by atoms with Crippen molar-refractivity contribution in [3.63, 3.8) is 0 Å². The standard InChI is InChI=1S/C26H21N3O2/c1-3-26(31)28-14-19(15-28)29-18(13-27)11-23-16(2)21(8-9-25(23)29)24-12-20(30)10-17-6-4-5-7-22(17)24/h3-12,19,30H,1,14-15H2,2H3. The van der Waals surface area contributed by atoms with E-state index in [1.165, 1.54) is 6.08 Å². The largest absolute Gasteiger partial charge is 0.508 e. The molecule has 1 N–H and O–H groups in total. The van der Waals surface area contributed by atoms with E-state index in [0.717, 1.165) is 38.4 Å². The first-order valence-corrected chi connectivity index (χ1v) is 10.2. The number of phenols is 1. The van der Waals surface area contributed by atoms with E-state index in [1.54, 1.807) is 17.0 Å². The Morgan fingerprint density at radius 1 is 1.13 bits per heavy atom. The Labute approximate surface area is 180 Å². The molecule has 2 heterocycles. The maximum atomic E-state index is 11.8. The Bertz CT molecular complexity index is 1420. The number of carbonyl (C=O) groups is 1. The molecule has 0 aliphatic carbocycles. The van der Waals surface area contributed by atoms with Gasteiger partial charge in [-0.3, -0.25) is 4.79 Å². The van der Waals surface area contributed by atoms with E-state index in [9.17, 15) is 15.2 Å². The highest BCUT2D eigenvalue weighted by Crippen LogP contribution is 2.39. The number of likely N-dealkylation sites (tertiary alicyclic amines) is 1. The summed E-state index contributed by atoms with van der Waals surface area (Å²) < 4.78 is 2.04. The fourth-order valence-corrected chi connectivity index (χ4v) is 4.66. The summed E-state index contributed by atoms with van der Waals surface area (Å²) in [4.78, 5) is 13.6. The van der Waals surface area contributed by atoms with Crippen molar-refractivity contribution in [1.82, 2.24) is 9.47 Å². The molecule has 152 valence electrons. The van der Waals surface area contributed by atoms with Crippen molar-refractivity contribution >= 4 is 27.6 Å². The smallest absolute Gasteiger partial charge is 0.246 e. The quantitative estimate of drug-likeness (QED) is 0.490. The van der Waals surface area contributed by atoms with Gasteiger partial charge in [0.2, 0.25) is 5.91 Å². The second-order valence-corrected chi connectivity index (χ2v) is 8.00. The van der Waals surface area contributed by atoms with Gasteiger partial charge in [-0.2, -0.15) is 5.26 Å². The Morgan fingerprint density at radius 2 is 1.90 bits per heavy atom. The van der Waals surface area contributed by atoms with Crippen LogP contribution < -0.4 is 0 Å². The van der Waals surface area contributed by atoms with Gasteiger partial charge >= 0.3 is 0 Å². The number of fused-ring (bicyclic) bond motifs is 2. The summed E-state index contributed by atoms with van der Waals surface area (Å²) in [6.45, 7) is 6.74. The van der Waals surface area contributed by atoms with Gasteiger partial charge in [-0.25, -0.2) is 0 Å². The highest BCUT2D eigenvalue weighted by molar-refractivity contribution is 6.01. The third kappa shape index (κ3) is 2.88. The average molecular weight is 407 g/mol. The van der Waals surface area contributed by atoms with Crippen LogP contribution in [0.1, 0.15) is 17.3 Å². The highest BCUT2D eigenvalue weighted by Gasteiger charge is 2.33. The Hall–Kier alpha value is -4.04. The summed E-state index contributed by atoms with van der Waals surface area (Å²) in [5.41, 5.74) is 4.62. The van der Waals surface area contributed by atoms with Gasteiger partial charge in [-0.15, -0.1) is 0 Å². The molecule has 1 saturated heterocycles. The van der Waals surface area contributed by atoms with Crippen LogP contribution >= 0.6 is 0 Å². The Balaban J connectivity index is 1.65. The molecule has 0 radical (unpaired) electrons. The topological polar surface area (TPSA) is 69.3 Å². The molecule has 31 heavy (non-hydrogen) atoms. The number of aryl methyl sites for hydroxylation is 1. The molecule has 0 atom stereocenters. The normalized spacial score (nSPS) is 13.9. The summed E-state index contributed by atoms with van der Waals surface area (Å²) in [5, 5.41) is 23.1. The van der Waals surface area contributed by atoms with Crippen LogP contribution in [0.5, 0.6) is 5.75 Å². The predicted octanol–water partition coefficient (Wildman–Crippen LogP) is 4.92. The molecule has 5 rings (SSSR count). The van der Waals surface area contributed by atoms with Crippen LogP contribution in [0, 0.1) is 18.3 Å². The number of benzene rings is 3. The summed E-state index contributed by atoms with van der Waals surface area (Å²) in [6.07, 6.45) is 1.32. The molecule has 5 heteroatoms. The van der Waals surface area contributed by atoms with Crippen LogP contribution in [-0.4, -0.2) is 33.6 Å². The fourth-order valence-electron chi connectivity index (χ4n) is 4.66. The summed E-state index contributed by atoms with van der Waals surface area (Å²) in [5.74, 6) is 0.144. The van der Waals surface area contributed by atoms with E-state index >= 15 is 0 Å². The minimum atomic E-state index is -0.0829. The molecule has 3 aromatic carbocycles. The number of phenolic OH excluding ortho intramolecular Hbond substituents is 1. The highest BCUT2D eigenvalue weighted by atomic mass is 16.3. The third-order valence-corrected chi connectivity index (χ3v) is 6.26. The van der Waals surface area contributed by atoms with Gasteiger partial charge in [0.05, 0.1) is 6.04 Å². The van der Waals surface area contributed by atoms with Crippen molar-refractivity contribution in [3.8, 4) is 22.9 Å². The van der Waals surface area contributed by atoms with Gasteiger partial charge in [0.25, 0.3) is 0 Å². The fraction of sp³-hybridized carbons (Fsp3) is 0.154. The average Bonchev–Trinajstić information content (AvgIpc) is 3.11. The molecular weight excluding hydrogens is 386 g/mol. The van der Waals surface area contributed by atoms with Crippen LogP contribution in [0.2, 0.25) is 0 Å². The number of hydrogen-bond acceptors (Lipinski definition) is 3. The lowest BCUT2D eigenvalue weighted by Gasteiger charge is -2.40. The van der Waals surface area contributed by atoms with Crippen molar-refractivity contribution in [2.24, 2.45) is 0 Å². The summed E-state index contributed by atoms with van der Waals surface area (Å²) in [6, 6.07) is 20.0. The molecule has 1 aliphatic rings. The predicted molar refractivity (Wildman–Crippen MR) is 122 cm³/mol. The van der Waals surface area contributed by atoms with Gasteiger partial charge in [-0.1, -0.05) is 36.9 Å². The lowest BCUT2D eigenvalue weighted by Crippen LogP contribution is -2.50. The Kier molecular flexibility index (Phi) is 4.30. The number of rotatable bonds is 3. The molecule has 4 aromatic rings. The maximum absolute atomic E-state index is 11.8. The summed E-state index contributed by atoms with van der Waals surface area (Å²) in [7, 11) is 0. The molecule has 0 saturated carbocycles. The second kappa shape index (κ2) is 7.03. The number of hydrogen-bond donors (Lipinski definition) is 1. The van der Waals surface area contributed by atoms with Crippen molar-refractivity contribution in [3.05, 3.63) is 78.5 Å². The molecule has 1 aliphatic heterocycles. The number of aromatic hydroxyl groups is 1. The van der Waals surface area contributed by atoms with Crippen LogP contribution in [-0.2, 0) is 4.79 Å². The maximum Gasteiger partial charge on any atom is 0.246 e. The zero-order chi connectivity index (χ0) is 21.7. The second-order valence-electron chi connectivity index (χ2n) is 8.00. The first-order chi connectivity index (χ1) is 15.0. The van der Waals surface area contributed by atoms with Gasteiger partial charge in [0.15, 0.2) is 0 Å². The van der Waals surface area contributed by atoms with Gasteiger partial charge in [0.1, 0.15) is 17.5 Å². The van der Waals surface area contributed by atoms with E-state index in [4.69, 9.17) is 0 Å². The number of amides is 1. The number of nitriles is 1. The van der Waals surface area contributed by atoms with Crippen molar-refractivity contribution in [2.45, 2.75) is 13.0 Å². The van der Waals surface area contributed by atoms with Crippen molar-refractivity contribution < 1.29 is 9.90 Å². The molecule has 0 bridgehead atoms. The molecular formula is C26H21N3O2. The molecule has 0 spiro atoms. The minimum absolute atomic E-state index is 0.0721. The minimum Gasteiger partial charge on any atom is -0.508 e. The molecule has 0 unspecified atom stereocenters. The van der Waals surface area contributed by atoms with Gasteiger partial charge < -0.3 is 14.6 Å². The van der Waals surface area contributed by atoms with E-state index in [-0.39, 0.29) is 17.7 Å². The molecule has 1 aromatic heterocycles. The van der Waals surface area contributed by atoms with Crippen molar-refractivity contribution in [2.75, 3.05) is 13.1 Å². The monoisotopic (exact) mass is 407 g/mol. The van der Waals surface area contributed by atoms with Crippen LogP contribution in [0.15, 0.2) is 67.3 Å². The zero-order valence-corrected chi connectivity index (χ0v) is 17.2. The summed E-state index contributed by atoms with van der Waals surface area (Å²) >= 11 is 0. The number of aromatic nitrogens is 1. The van der Waals surface area contributed by atoms with Crippen LogP contribution in [0.3, 0.4) is 0 Å². The third-order valence-electron chi connectivity index (χ3n) is 6.26. The number of nitrogens with zero attached hydrogens (tertiary/aromatic N) is 3. The first kappa shape index (κ1) is 19.0. The molecule has 1 fully saturated rings.